The van der Waals surface area contributed by atoms with Crippen LogP contribution in [0.15, 0.2) is 85.1 Å². The van der Waals surface area contributed by atoms with Gasteiger partial charge in [0.15, 0.2) is 12.1 Å². The van der Waals surface area contributed by atoms with Crippen LogP contribution < -0.4 is 11.1 Å². The Kier molecular flexibility index (Phi) is 28.4. The van der Waals surface area contributed by atoms with Crippen LogP contribution in [0.4, 0.5) is 0 Å². The summed E-state index contributed by atoms with van der Waals surface area (Å²) in [6.07, 6.45) is 6.48. The van der Waals surface area contributed by atoms with Crippen molar-refractivity contribution in [1.29, 1.82) is 0 Å². The fourth-order valence-electron chi connectivity index (χ4n) is 8.41. The Balaban J connectivity index is 1.96. The molecule has 0 spiro atoms. The van der Waals surface area contributed by atoms with E-state index in [1.807, 2.05) is 25.3 Å². The molecule has 3 rings (SSSR count). The molecule has 13 N–H and O–H groups in total. The number of allylic oxidation sites excluding steroid dienone is 12. The molecule has 9 unspecified atom stereocenters. The first-order valence-corrected chi connectivity index (χ1v) is 25.9. The maximum atomic E-state index is 14.1. The Morgan fingerprint density at radius 3 is 1.99 bits per heavy atom. The zero-order chi connectivity index (χ0) is 53.4. The molecule has 0 aliphatic carbocycles. The van der Waals surface area contributed by atoms with E-state index < -0.39 is 147 Å². The molecule has 2 fully saturated rings. The zero-order valence-electron chi connectivity index (χ0n) is 41.6. The molecule has 408 valence electrons. The van der Waals surface area contributed by atoms with Crippen LogP contribution in [0.2, 0.25) is 0 Å². The van der Waals surface area contributed by atoms with Crippen LogP contribution in [0.3, 0.4) is 0 Å². The van der Waals surface area contributed by atoms with Gasteiger partial charge in [0.05, 0.1) is 93.1 Å². The number of hydrogen-bond acceptors (Lipinski definition) is 20. The molecule has 2 saturated heterocycles. The monoisotopic (exact) mass is 1040 g/mol. The van der Waals surface area contributed by atoms with Crippen LogP contribution in [-0.2, 0) is 38.1 Å². The molecule has 0 radical (unpaired) electrons. The number of methoxy groups -OCH3 is 1. The van der Waals surface area contributed by atoms with Gasteiger partial charge in [0.2, 0.25) is 5.91 Å². The van der Waals surface area contributed by atoms with Crippen molar-refractivity contribution in [2.75, 3.05) is 25.7 Å². The fraction of sp³-hybridized carbons (Fsp3) is 0.667. The second-order valence-corrected chi connectivity index (χ2v) is 19.7. The standard InChI is InChI=1S/C51H80N2O18S/c1-31-17-15-13-11-9-7-5-6-8-10-12-14-16-18-36(70-50-47(63)46(52)42(61)30-68-50)27-43-45(48(64)53-37(21-22-72-4)49(65)67-3)41(60)29-51(66,71-43)28-35(56)25-40(59)38(57)20-19-33(54)24-34(55)26-44(62)69-32(2)23-39(31)58/h5-18,31-43,45-47,50,54-61,63,66H,19-30,52H2,1-4H3,(H,53,64)/b6-5+,9-7+,10-8+,13-11+,14-12+,17-15+,18-16+/t31-,32-,33?,34?,35?,36?,37?,38?,39-,40?,41-,42+,43-,45?,46-,47-,50-,51?/m0/s1. The molecule has 2 bridgehead atoms. The zero-order valence-corrected chi connectivity index (χ0v) is 42.4. The molecule has 0 aromatic heterocycles. The molecule has 72 heavy (non-hydrogen) atoms. The summed E-state index contributed by atoms with van der Waals surface area (Å²) in [5.41, 5.74) is 6.03. The summed E-state index contributed by atoms with van der Waals surface area (Å²) in [5, 5.41) is 112. The first-order chi connectivity index (χ1) is 34.2. The summed E-state index contributed by atoms with van der Waals surface area (Å²) in [4.78, 5) is 39.4. The molecule has 0 aromatic rings. The minimum atomic E-state index is -2.35. The van der Waals surface area contributed by atoms with Crippen LogP contribution in [0, 0.1) is 11.8 Å². The summed E-state index contributed by atoms with van der Waals surface area (Å²) in [6, 6.07) is -2.26. The van der Waals surface area contributed by atoms with Gasteiger partial charge in [-0.2, -0.15) is 11.8 Å². The Hall–Kier alpha value is -3.62. The number of nitrogens with one attached hydrogen (secondary N) is 1. The predicted octanol–water partition coefficient (Wildman–Crippen LogP) is 0.404. The average Bonchev–Trinajstić information content (AvgIpc) is 3.30. The summed E-state index contributed by atoms with van der Waals surface area (Å²) >= 11 is 1.42. The molecule has 20 nitrogen and oxygen atoms in total. The molecular formula is C51H80N2O18S. The van der Waals surface area contributed by atoms with Crippen LogP contribution in [0.5, 0.6) is 0 Å². The maximum absolute atomic E-state index is 14.1. The number of carbonyl (C=O) groups excluding carboxylic acids is 3. The molecule has 18 atom stereocenters. The SMILES string of the molecule is COC(=O)C(CCSC)NC(=O)C1[C@@H]2CC(O[C@@H]3OC[C@@H](O)[C@H](N)[C@@H]3O)/C=C/C=C/C=C/C=C/C=C/C=C/C=C/[C@H](C)[C@@H](O)C[C@H](C)OC(=O)CC(O)CC(O)CCC(O)C(O)CC(O)CC(O)(C[C@@H]1O)O2. The van der Waals surface area contributed by atoms with Crippen molar-refractivity contribution in [1.82, 2.24) is 5.32 Å². The van der Waals surface area contributed by atoms with Gasteiger partial charge in [-0.1, -0.05) is 92.0 Å². The lowest BCUT2D eigenvalue weighted by Gasteiger charge is -2.46. The van der Waals surface area contributed by atoms with Gasteiger partial charge in [-0.25, -0.2) is 4.79 Å². The molecule has 3 aliphatic rings. The van der Waals surface area contributed by atoms with Crippen molar-refractivity contribution in [3.05, 3.63) is 85.1 Å². The third-order valence-electron chi connectivity index (χ3n) is 12.5. The lowest BCUT2D eigenvalue weighted by Crippen LogP contribution is -2.60. The van der Waals surface area contributed by atoms with Crippen molar-refractivity contribution in [3.8, 4) is 0 Å². The first-order valence-electron chi connectivity index (χ1n) is 24.5. The normalized spacial score (nSPS) is 40.5. The summed E-state index contributed by atoms with van der Waals surface area (Å²) in [5.74, 6) is -5.92. The number of esters is 2. The Morgan fingerprint density at radius 2 is 1.38 bits per heavy atom. The van der Waals surface area contributed by atoms with Crippen molar-refractivity contribution < 1.29 is 89.1 Å². The number of nitrogens with two attached hydrogens (primary N) is 1. The fourth-order valence-corrected chi connectivity index (χ4v) is 8.88. The topological polar surface area (TPSA) is 338 Å². The van der Waals surface area contributed by atoms with Crippen LogP contribution in [0.1, 0.15) is 78.1 Å². The second kappa shape index (κ2) is 32.6. The minimum Gasteiger partial charge on any atom is -0.467 e. The summed E-state index contributed by atoms with van der Waals surface area (Å²) in [7, 11) is 1.16. The highest BCUT2D eigenvalue weighted by molar-refractivity contribution is 7.98. The van der Waals surface area contributed by atoms with Crippen molar-refractivity contribution in [3.63, 3.8) is 0 Å². The third-order valence-corrected chi connectivity index (χ3v) is 13.1. The van der Waals surface area contributed by atoms with Gasteiger partial charge < -0.3 is 85.8 Å². The molecule has 21 heteroatoms. The van der Waals surface area contributed by atoms with Crippen LogP contribution in [-0.4, -0.2) is 192 Å². The molecule has 1 amide bonds. The van der Waals surface area contributed by atoms with E-state index in [0.29, 0.717) is 5.75 Å². The summed E-state index contributed by atoms with van der Waals surface area (Å²) in [6.45, 7) is 3.16. The lowest BCUT2D eigenvalue weighted by atomic mass is 9.82. The number of fused-ring (bicyclic) bond motifs is 2. The van der Waals surface area contributed by atoms with Crippen LogP contribution >= 0.6 is 11.8 Å². The van der Waals surface area contributed by atoms with E-state index in [-0.39, 0.29) is 51.0 Å². The number of carbonyl (C=O) groups is 3. The van der Waals surface area contributed by atoms with Gasteiger partial charge in [-0.3, -0.25) is 9.59 Å². The van der Waals surface area contributed by atoms with E-state index in [1.54, 1.807) is 79.8 Å². The number of ether oxygens (including phenoxy) is 5. The molecule has 3 heterocycles. The quantitative estimate of drug-likeness (QED) is 0.146. The van der Waals surface area contributed by atoms with Gasteiger partial charge in [0.25, 0.3) is 0 Å². The largest absolute Gasteiger partial charge is 0.467 e. The number of rotatable bonds is 8. The Morgan fingerprint density at radius 1 is 0.764 bits per heavy atom. The highest BCUT2D eigenvalue weighted by Crippen LogP contribution is 2.38. The van der Waals surface area contributed by atoms with E-state index in [0.717, 1.165) is 7.11 Å². The van der Waals surface area contributed by atoms with E-state index in [2.05, 4.69) is 5.32 Å². The number of amides is 1. The van der Waals surface area contributed by atoms with E-state index >= 15 is 0 Å². The molecule has 0 saturated carbocycles. The van der Waals surface area contributed by atoms with Gasteiger partial charge in [-0.05, 0) is 44.6 Å². The minimum absolute atomic E-state index is 0.116. The number of thioether (sulfide) groups is 1. The van der Waals surface area contributed by atoms with Gasteiger partial charge in [0.1, 0.15) is 18.2 Å². The van der Waals surface area contributed by atoms with Crippen molar-refractivity contribution in [2.45, 2.75) is 175 Å². The van der Waals surface area contributed by atoms with E-state index in [1.165, 1.54) is 11.8 Å². The average molecular weight is 1040 g/mol. The molecule has 0 aromatic carbocycles. The maximum Gasteiger partial charge on any atom is 0.328 e. The third kappa shape index (κ3) is 22.5. The van der Waals surface area contributed by atoms with Crippen molar-refractivity contribution >= 4 is 29.6 Å². The smallest absolute Gasteiger partial charge is 0.328 e. The number of hydrogen-bond donors (Lipinski definition) is 12. The van der Waals surface area contributed by atoms with Gasteiger partial charge in [-0.15, -0.1) is 0 Å². The second-order valence-electron chi connectivity index (χ2n) is 18.7. The number of aliphatic hydroxyl groups excluding tert-OH is 9. The van der Waals surface area contributed by atoms with Crippen molar-refractivity contribution in [2.24, 2.45) is 17.6 Å². The van der Waals surface area contributed by atoms with Gasteiger partial charge >= 0.3 is 11.9 Å². The van der Waals surface area contributed by atoms with E-state index in [9.17, 15) is 65.4 Å². The van der Waals surface area contributed by atoms with Crippen LogP contribution in [0.25, 0.3) is 0 Å². The Labute approximate surface area is 426 Å². The lowest BCUT2D eigenvalue weighted by molar-refractivity contribution is -0.304. The summed E-state index contributed by atoms with van der Waals surface area (Å²) < 4.78 is 28.3. The highest BCUT2D eigenvalue weighted by Gasteiger charge is 2.51. The highest BCUT2D eigenvalue weighted by atomic mass is 32.2. The Bertz CT molecular complexity index is 1850. The molecular weight excluding hydrogens is 961 g/mol. The first kappa shape index (κ1) is 62.7. The molecule has 3 aliphatic heterocycles. The number of cyclic esters (lactones) is 1. The predicted molar refractivity (Wildman–Crippen MR) is 267 cm³/mol. The van der Waals surface area contributed by atoms with E-state index in [4.69, 9.17) is 29.4 Å². The van der Waals surface area contributed by atoms with Gasteiger partial charge in [0, 0.05) is 38.0 Å². The number of aliphatic hydroxyl groups is 10.